The lowest BCUT2D eigenvalue weighted by Gasteiger charge is -2.37. The van der Waals surface area contributed by atoms with Crippen molar-refractivity contribution in [3.8, 4) is 0 Å². The van der Waals surface area contributed by atoms with Crippen LogP contribution < -0.4 is 0 Å². The van der Waals surface area contributed by atoms with Gasteiger partial charge in [0.15, 0.2) is 5.60 Å². The van der Waals surface area contributed by atoms with E-state index in [1.807, 2.05) is 19.9 Å². The van der Waals surface area contributed by atoms with Crippen LogP contribution in [-0.4, -0.2) is 40.9 Å². The topological polar surface area (TPSA) is 74.4 Å². The quantitative estimate of drug-likeness (QED) is 0.387. The maximum atomic E-state index is 12.7. The number of hydrogen-bond acceptors (Lipinski definition) is 6. The van der Waals surface area contributed by atoms with Gasteiger partial charge < -0.3 is 18.9 Å². The van der Waals surface area contributed by atoms with Gasteiger partial charge in [0, 0.05) is 18.9 Å². The third-order valence-corrected chi connectivity index (χ3v) is 7.03. The zero-order valence-electron chi connectivity index (χ0n) is 17.2. The molecule has 4 aliphatic heterocycles. The van der Waals surface area contributed by atoms with Crippen molar-refractivity contribution in [3.63, 3.8) is 0 Å². The maximum absolute atomic E-state index is 12.7. The number of ether oxygens (including phenoxy) is 4. The van der Waals surface area contributed by atoms with Crippen LogP contribution in [0.4, 0.5) is 0 Å². The molecule has 6 atom stereocenters. The van der Waals surface area contributed by atoms with Crippen LogP contribution in [0.1, 0.15) is 66.2 Å². The molecule has 0 amide bonds. The first-order valence-electron chi connectivity index (χ1n) is 10.2. The first-order valence-corrected chi connectivity index (χ1v) is 10.2. The third-order valence-electron chi connectivity index (χ3n) is 7.03. The van der Waals surface area contributed by atoms with Gasteiger partial charge in [-0.3, -0.25) is 4.79 Å². The number of hydrogen-bond donors (Lipinski definition) is 0. The molecule has 3 saturated heterocycles. The summed E-state index contributed by atoms with van der Waals surface area (Å²) in [6, 6.07) is 0. The fourth-order valence-electron chi connectivity index (χ4n) is 4.87. The number of fused-ring (bicyclic) bond motifs is 7. The van der Waals surface area contributed by atoms with E-state index in [2.05, 4.69) is 13.5 Å². The molecule has 0 spiro atoms. The molecule has 4 aliphatic rings. The summed E-state index contributed by atoms with van der Waals surface area (Å²) in [7, 11) is 0. The molecule has 3 fully saturated rings. The van der Waals surface area contributed by atoms with Crippen molar-refractivity contribution in [3.05, 3.63) is 24.0 Å². The van der Waals surface area contributed by atoms with Gasteiger partial charge in [0.25, 0.3) is 0 Å². The van der Waals surface area contributed by atoms with Crippen molar-refractivity contribution < 1.29 is 28.5 Å². The molecule has 0 aromatic carbocycles. The Bertz CT molecular complexity index is 756. The molecule has 0 radical (unpaired) electrons. The average molecular weight is 390 g/mol. The van der Waals surface area contributed by atoms with Crippen LogP contribution >= 0.6 is 0 Å². The summed E-state index contributed by atoms with van der Waals surface area (Å²) in [6.45, 7) is 11.4. The maximum Gasteiger partial charge on any atom is 0.334 e. The minimum atomic E-state index is -0.838. The largest absolute Gasteiger partial charge is 0.484 e. The van der Waals surface area contributed by atoms with Crippen LogP contribution in [0.25, 0.3) is 0 Å². The summed E-state index contributed by atoms with van der Waals surface area (Å²) in [6.07, 6.45) is 5.90. The van der Waals surface area contributed by atoms with Crippen LogP contribution in [0.3, 0.4) is 0 Å². The predicted octanol–water partition coefficient (Wildman–Crippen LogP) is 3.59. The summed E-state index contributed by atoms with van der Waals surface area (Å²) in [5, 5.41) is 0. The lowest BCUT2D eigenvalue weighted by atomic mass is 9.83. The van der Waals surface area contributed by atoms with E-state index >= 15 is 0 Å². The van der Waals surface area contributed by atoms with Crippen LogP contribution in [0.15, 0.2) is 24.0 Å². The highest BCUT2D eigenvalue weighted by atomic mass is 16.6. The first kappa shape index (κ1) is 19.5. The molecule has 0 aromatic rings. The van der Waals surface area contributed by atoms with Crippen molar-refractivity contribution in [1.29, 1.82) is 0 Å². The SMILES string of the molecule is C=C1C(=O)O[C@]2(C)CC[C@@H]1C[C@H]1O[C@@]1(C)CC[C@H](OC(C)=O)[C@@]1(C)CC=C2O1. The van der Waals surface area contributed by atoms with Crippen molar-refractivity contribution in [2.75, 3.05) is 0 Å². The van der Waals surface area contributed by atoms with Gasteiger partial charge in [-0.2, -0.15) is 0 Å². The van der Waals surface area contributed by atoms with Gasteiger partial charge in [0.2, 0.25) is 0 Å². The van der Waals surface area contributed by atoms with E-state index in [1.54, 1.807) is 0 Å². The summed E-state index contributed by atoms with van der Waals surface area (Å²) >= 11 is 0. The highest BCUT2D eigenvalue weighted by Crippen LogP contribution is 2.50. The van der Waals surface area contributed by atoms with E-state index in [0.29, 0.717) is 30.6 Å². The van der Waals surface area contributed by atoms with Gasteiger partial charge in [-0.25, -0.2) is 4.79 Å². The van der Waals surface area contributed by atoms with Crippen molar-refractivity contribution in [1.82, 2.24) is 0 Å². The summed E-state index contributed by atoms with van der Waals surface area (Å²) in [5.41, 5.74) is -1.27. The van der Waals surface area contributed by atoms with E-state index in [1.165, 1.54) is 6.92 Å². The highest BCUT2D eigenvalue weighted by Gasteiger charge is 2.56. The smallest absolute Gasteiger partial charge is 0.334 e. The Morgan fingerprint density at radius 2 is 1.93 bits per heavy atom. The van der Waals surface area contributed by atoms with Crippen LogP contribution in [0.5, 0.6) is 0 Å². The fraction of sp³-hybridized carbons (Fsp3) is 0.727. The molecule has 28 heavy (non-hydrogen) atoms. The molecule has 4 heterocycles. The molecule has 0 saturated carbocycles. The summed E-state index contributed by atoms with van der Waals surface area (Å²) in [5.74, 6) is 0.0112. The standard InChI is InChI=1S/C22H30O6/c1-13-15-6-9-21(4,28-19(13)24)17-8-11-20(3,26-17)16(25-14(2)23)7-10-22(5)18(12-15)27-22/h8,15-16,18H,1,6-7,9-12H2,2-5H3/t15-,16+,18-,20-,21-,22+/m1/s1. The van der Waals surface area contributed by atoms with Gasteiger partial charge in [-0.05, 0) is 64.9 Å². The fourth-order valence-corrected chi connectivity index (χ4v) is 4.87. The van der Waals surface area contributed by atoms with E-state index in [4.69, 9.17) is 18.9 Å². The van der Waals surface area contributed by atoms with Crippen molar-refractivity contribution in [2.24, 2.45) is 5.92 Å². The predicted molar refractivity (Wildman–Crippen MR) is 101 cm³/mol. The van der Waals surface area contributed by atoms with Crippen LogP contribution in [0, 0.1) is 5.92 Å². The van der Waals surface area contributed by atoms with Crippen LogP contribution in [-0.2, 0) is 28.5 Å². The molecule has 0 aliphatic carbocycles. The van der Waals surface area contributed by atoms with E-state index in [9.17, 15) is 9.59 Å². The molecular weight excluding hydrogens is 360 g/mol. The van der Waals surface area contributed by atoms with E-state index < -0.39 is 17.3 Å². The molecule has 4 rings (SSSR count). The normalized spacial score (nSPS) is 45.3. The number of carbonyl (C=O) groups is 2. The molecule has 154 valence electrons. The Kier molecular flexibility index (Phi) is 4.42. The third kappa shape index (κ3) is 3.25. The Hall–Kier alpha value is -1.82. The second-order valence-electron chi connectivity index (χ2n) is 9.36. The Morgan fingerprint density at radius 1 is 1.18 bits per heavy atom. The molecule has 6 heteroatoms. The lowest BCUT2D eigenvalue weighted by Crippen LogP contribution is -2.44. The molecule has 0 aromatic heterocycles. The molecule has 0 N–H and O–H groups in total. The monoisotopic (exact) mass is 390 g/mol. The zero-order valence-corrected chi connectivity index (χ0v) is 17.2. The summed E-state index contributed by atoms with van der Waals surface area (Å²) < 4.78 is 23.9. The van der Waals surface area contributed by atoms with E-state index in [-0.39, 0.29) is 29.6 Å². The minimum Gasteiger partial charge on any atom is -0.484 e. The minimum absolute atomic E-state index is 0.0413. The Morgan fingerprint density at radius 3 is 2.64 bits per heavy atom. The first-order chi connectivity index (χ1) is 13.0. The number of esters is 2. The number of rotatable bonds is 1. The average Bonchev–Trinajstić information content (AvgIpc) is 3.09. The van der Waals surface area contributed by atoms with E-state index in [0.717, 1.165) is 19.3 Å². The molecule has 4 bridgehead atoms. The summed E-state index contributed by atoms with van der Waals surface area (Å²) in [4.78, 5) is 24.4. The van der Waals surface area contributed by atoms with Crippen molar-refractivity contribution in [2.45, 2.75) is 95.2 Å². The zero-order chi connectivity index (χ0) is 20.3. The molecule has 0 unspecified atom stereocenters. The molecular formula is C22H30O6. The number of epoxide rings is 1. The van der Waals surface area contributed by atoms with Crippen molar-refractivity contribution >= 4 is 11.9 Å². The van der Waals surface area contributed by atoms with Gasteiger partial charge in [-0.1, -0.05) is 6.58 Å². The molecule has 6 nitrogen and oxygen atoms in total. The highest BCUT2D eigenvalue weighted by molar-refractivity contribution is 5.89. The Labute approximate surface area is 166 Å². The van der Waals surface area contributed by atoms with Gasteiger partial charge in [-0.15, -0.1) is 0 Å². The lowest BCUT2D eigenvalue weighted by molar-refractivity contribution is -0.169. The van der Waals surface area contributed by atoms with Gasteiger partial charge >= 0.3 is 11.9 Å². The number of carbonyl (C=O) groups excluding carboxylic acids is 2. The van der Waals surface area contributed by atoms with Crippen LogP contribution in [0.2, 0.25) is 0 Å². The van der Waals surface area contributed by atoms with Gasteiger partial charge in [0.1, 0.15) is 17.5 Å². The Balaban J connectivity index is 1.69. The second-order valence-corrected chi connectivity index (χ2v) is 9.36. The second kappa shape index (κ2) is 6.34. The van der Waals surface area contributed by atoms with Gasteiger partial charge in [0.05, 0.1) is 11.7 Å².